The van der Waals surface area contributed by atoms with Crippen LogP contribution in [0.4, 0.5) is 11.4 Å². The van der Waals surface area contributed by atoms with Crippen LogP contribution < -0.4 is 5.32 Å². The number of hydrogen-bond donors (Lipinski definition) is 1. The molecule has 122 valence electrons. The van der Waals surface area contributed by atoms with Crippen molar-refractivity contribution in [1.82, 2.24) is 0 Å². The van der Waals surface area contributed by atoms with Gasteiger partial charge in [-0.15, -0.1) is 0 Å². The fraction of sp³-hybridized carbons (Fsp3) is 0.176. The number of amides is 1. The maximum absolute atomic E-state index is 12.5. The van der Waals surface area contributed by atoms with Gasteiger partial charge in [-0.2, -0.15) is 0 Å². The number of esters is 1. The van der Waals surface area contributed by atoms with Crippen LogP contribution in [-0.2, 0) is 14.3 Å². The van der Waals surface area contributed by atoms with E-state index in [4.69, 9.17) is 4.74 Å². The van der Waals surface area contributed by atoms with Gasteiger partial charge >= 0.3 is 5.97 Å². The fourth-order valence-electron chi connectivity index (χ4n) is 2.66. The van der Waals surface area contributed by atoms with Gasteiger partial charge in [0.2, 0.25) is 5.91 Å². The average molecular weight is 326 g/mol. The van der Waals surface area contributed by atoms with Crippen LogP contribution >= 0.6 is 0 Å². The minimum absolute atomic E-state index is 0.0275. The lowest BCUT2D eigenvalue weighted by Gasteiger charge is -2.17. The summed E-state index contributed by atoms with van der Waals surface area (Å²) in [6, 6.07) is 14.7. The molecule has 2 atom stereocenters. The Morgan fingerprint density at radius 2 is 1.92 bits per heavy atom. The molecule has 0 spiro atoms. The van der Waals surface area contributed by atoms with E-state index in [-0.39, 0.29) is 12.1 Å². The topological polar surface area (TPSA) is 98.5 Å². The van der Waals surface area contributed by atoms with E-state index in [1.54, 1.807) is 30.3 Å². The van der Waals surface area contributed by atoms with Crippen molar-refractivity contribution >= 4 is 23.3 Å². The summed E-state index contributed by atoms with van der Waals surface area (Å²) in [5.41, 5.74) is 0.925. The quantitative estimate of drug-likeness (QED) is 0.529. The third-order valence-corrected chi connectivity index (χ3v) is 3.80. The zero-order valence-electron chi connectivity index (χ0n) is 12.5. The van der Waals surface area contributed by atoms with Gasteiger partial charge in [0.05, 0.1) is 17.3 Å². The molecule has 24 heavy (non-hydrogen) atoms. The Bertz CT molecular complexity index is 791. The molecular weight excluding hydrogens is 312 g/mol. The summed E-state index contributed by atoms with van der Waals surface area (Å²) in [4.78, 5) is 34.4. The Hall–Kier alpha value is -3.22. The molecule has 1 aliphatic heterocycles. The summed E-state index contributed by atoms with van der Waals surface area (Å²) in [6.45, 7) is 0. The molecule has 0 saturated carbocycles. The molecule has 1 saturated heterocycles. The number of nitro groups is 1. The Morgan fingerprint density at radius 1 is 1.17 bits per heavy atom. The number of cyclic esters (lactones) is 1. The van der Waals surface area contributed by atoms with E-state index in [2.05, 4.69) is 5.32 Å². The van der Waals surface area contributed by atoms with E-state index in [0.29, 0.717) is 5.69 Å². The van der Waals surface area contributed by atoms with Crippen LogP contribution in [0.3, 0.4) is 0 Å². The van der Waals surface area contributed by atoms with E-state index in [9.17, 15) is 19.7 Å². The van der Waals surface area contributed by atoms with Gasteiger partial charge in [0, 0.05) is 17.8 Å². The van der Waals surface area contributed by atoms with Gasteiger partial charge in [0.15, 0.2) is 0 Å². The van der Waals surface area contributed by atoms with Crippen LogP contribution in [0, 0.1) is 16.0 Å². The van der Waals surface area contributed by atoms with E-state index in [1.165, 1.54) is 18.2 Å². The molecular formula is C17H14N2O5. The largest absolute Gasteiger partial charge is 0.457 e. The number of non-ortho nitro benzene ring substituents is 1. The molecule has 1 N–H and O–H groups in total. The van der Waals surface area contributed by atoms with E-state index in [1.807, 2.05) is 6.07 Å². The standard InChI is InChI=1S/C17H14N2O5/c20-15-10-14(16(24-15)11-5-2-1-3-6-11)17(21)18-12-7-4-8-13(9-12)19(22)23/h1-9,14,16H,10H2,(H,18,21). The highest BCUT2D eigenvalue weighted by Gasteiger charge is 2.40. The van der Waals surface area contributed by atoms with Crippen molar-refractivity contribution in [2.45, 2.75) is 12.5 Å². The van der Waals surface area contributed by atoms with Crippen LogP contribution in [-0.4, -0.2) is 16.8 Å². The Balaban J connectivity index is 1.79. The molecule has 2 unspecified atom stereocenters. The summed E-state index contributed by atoms with van der Waals surface area (Å²) in [5.74, 6) is -1.53. The monoisotopic (exact) mass is 326 g/mol. The predicted octanol–water partition coefficient (Wildman–Crippen LogP) is 2.84. The van der Waals surface area contributed by atoms with E-state index >= 15 is 0 Å². The van der Waals surface area contributed by atoms with Gasteiger partial charge in [-0.05, 0) is 11.6 Å². The number of ether oxygens (including phenoxy) is 1. The van der Waals surface area contributed by atoms with Crippen LogP contribution in [0.15, 0.2) is 54.6 Å². The Morgan fingerprint density at radius 3 is 2.62 bits per heavy atom. The molecule has 0 aliphatic carbocycles. The van der Waals surface area contributed by atoms with Crippen LogP contribution in [0.25, 0.3) is 0 Å². The van der Waals surface area contributed by atoms with Crippen molar-refractivity contribution in [1.29, 1.82) is 0 Å². The third-order valence-electron chi connectivity index (χ3n) is 3.80. The summed E-state index contributed by atoms with van der Waals surface area (Å²) in [5, 5.41) is 13.4. The zero-order valence-corrected chi connectivity index (χ0v) is 12.5. The van der Waals surface area contributed by atoms with Crippen LogP contribution in [0.5, 0.6) is 0 Å². The Labute approximate surface area is 137 Å². The fourth-order valence-corrected chi connectivity index (χ4v) is 2.66. The van der Waals surface area contributed by atoms with Crippen molar-refractivity contribution in [3.63, 3.8) is 0 Å². The molecule has 1 fully saturated rings. The molecule has 1 heterocycles. The second-order valence-corrected chi connectivity index (χ2v) is 5.43. The van der Waals surface area contributed by atoms with Crippen molar-refractivity contribution < 1.29 is 19.2 Å². The minimum Gasteiger partial charge on any atom is -0.457 e. The first-order valence-corrected chi connectivity index (χ1v) is 7.34. The van der Waals surface area contributed by atoms with Crippen LogP contribution in [0.1, 0.15) is 18.1 Å². The maximum atomic E-state index is 12.5. The predicted molar refractivity (Wildman–Crippen MR) is 85.1 cm³/mol. The first-order chi connectivity index (χ1) is 11.5. The van der Waals surface area contributed by atoms with Crippen molar-refractivity contribution in [2.24, 2.45) is 5.92 Å². The summed E-state index contributed by atoms with van der Waals surface area (Å²) >= 11 is 0. The molecule has 1 aliphatic rings. The van der Waals surface area contributed by atoms with Crippen molar-refractivity contribution in [3.05, 3.63) is 70.3 Å². The number of benzene rings is 2. The molecule has 7 nitrogen and oxygen atoms in total. The molecule has 0 aromatic heterocycles. The SMILES string of the molecule is O=C1CC(C(=O)Nc2cccc([N+](=O)[O-])c2)C(c2ccccc2)O1. The lowest BCUT2D eigenvalue weighted by Crippen LogP contribution is -2.25. The molecule has 0 radical (unpaired) electrons. The number of nitrogens with one attached hydrogen (secondary N) is 1. The van der Waals surface area contributed by atoms with E-state index < -0.39 is 28.8 Å². The molecule has 2 aromatic rings. The smallest absolute Gasteiger partial charge is 0.307 e. The van der Waals surface area contributed by atoms with Gasteiger partial charge < -0.3 is 10.1 Å². The second kappa shape index (κ2) is 6.49. The van der Waals surface area contributed by atoms with Crippen molar-refractivity contribution in [2.75, 3.05) is 5.32 Å². The average Bonchev–Trinajstić information content (AvgIpc) is 2.98. The summed E-state index contributed by atoms with van der Waals surface area (Å²) < 4.78 is 5.27. The number of carbonyl (C=O) groups excluding carboxylic acids is 2. The number of nitro benzene ring substituents is 1. The van der Waals surface area contributed by atoms with E-state index in [0.717, 1.165) is 5.56 Å². The number of anilines is 1. The highest BCUT2D eigenvalue weighted by Crippen LogP contribution is 2.36. The number of hydrogen-bond acceptors (Lipinski definition) is 5. The number of carbonyl (C=O) groups is 2. The normalized spacial score (nSPS) is 19.6. The van der Waals surface area contributed by atoms with Gasteiger partial charge in [-0.1, -0.05) is 36.4 Å². The first-order valence-electron chi connectivity index (χ1n) is 7.34. The van der Waals surface area contributed by atoms with Gasteiger partial charge in [0.25, 0.3) is 5.69 Å². The molecule has 2 aromatic carbocycles. The molecule has 0 bridgehead atoms. The van der Waals surface area contributed by atoms with Gasteiger partial charge in [-0.3, -0.25) is 19.7 Å². The number of rotatable bonds is 4. The second-order valence-electron chi connectivity index (χ2n) is 5.43. The highest BCUT2D eigenvalue weighted by molar-refractivity contribution is 5.96. The van der Waals surface area contributed by atoms with Gasteiger partial charge in [0.1, 0.15) is 6.10 Å². The highest BCUT2D eigenvalue weighted by atomic mass is 16.6. The summed E-state index contributed by atoms with van der Waals surface area (Å²) in [7, 11) is 0. The summed E-state index contributed by atoms with van der Waals surface area (Å²) in [6.07, 6.45) is -0.683. The zero-order chi connectivity index (χ0) is 17.1. The van der Waals surface area contributed by atoms with Gasteiger partial charge in [-0.25, -0.2) is 0 Å². The maximum Gasteiger partial charge on any atom is 0.307 e. The van der Waals surface area contributed by atoms with Crippen LogP contribution in [0.2, 0.25) is 0 Å². The first kappa shape index (κ1) is 15.7. The lowest BCUT2D eigenvalue weighted by atomic mass is 9.94. The third kappa shape index (κ3) is 3.24. The Kier molecular flexibility index (Phi) is 4.24. The number of nitrogens with zero attached hydrogens (tertiary/aromatic N) is 1. The molecule has 1 amide bonds. The molecule has 3 rings (SSSR count). The minimum atomic E-state index is -0.681. The lowest BCUT2D eigenvalue weighted by molar-refractivity contribution is -0.384. The van der Waals surface area contributed by atoms with Crippen molar-refractivity contribution in [3.8, 4) is 0 Å². The molecule has 7 heteroatoms.